The zero-order chi connectivity index (χ0) is 12.6. The zero-order valence-electron chi connectivity index (χ0n) is 9.32. The Kier molecular flexibility index (Phi) is 6.58. The van der Waals surface area contributed by atoms with Crippen molar-refractivity contribution in [3.05, 3.63) is 12.2 Å². The summed E-state index contributed by atoms with van der Waals surface area (Å²) in [4.78, 5) is 32.3. The molecule has 3 amide bonds. The summed E-state index contributed by atoms with van der Waals surface area (Å²) in [7, 11) is 0. The maximum Gasteiger partial charge on any atom is 0.328 e. The minimum absolute atomic E-state index is 0.0104. The van der Waals surface area contributed by atoms with Gasteiger partial charge in [0.25, 0.3) is 5.91 Å². The third-order valence-corrected chi connectivity index (χ3v) is 1.93. The van der Waals surface area contributed by atoms with Crippen molar-refractivity contribution in [2.45, 2.75) is 32.7 Å². The Morgan fingerprint density at radius 3 is 2.19 bits per heavy atom. The summed E-state index contributed by atoms with van der Waals surface area (Å²) >= 11 is 0. The number of hydrogen-bond donors (Lipinski definition) is 3. The van der Waals surface area contributed by atoms with Gasteiger partial charge in [0, 0.05) is 18.2 Å². The molecule has 0 rings (SSSR count). The van der Waals surface area contributed by atoms with Crippen molar-refractivity contribution < 1.29 is 19.5 Å². The molecule has 0 radical (unpaired) electrons. The lowest BCUT2D eigenvalue weighted by molar-refractivity contribution is -0.131. The molecule has 0 aliphatic heterocycles. The van der Waals surface area contributed by atoms with Crippen LogP contribution in [0.15, 0.2) is 12.2 Å². The zero-order valence-corrected chi connectivity index (χ0v) is 9.32. The smallest absolute Gasteiger partial charge is 0.328 e. The summed E-state index contributed by atoms with van der Waals surface area (Å²) in [6, 6.07) is -0.606. The summed E-state index contributed by atoms with van der Waals surface area (Å²) in [5.41, 5.74) is 0. The fourth-order valence-corrected chi connectivity index (χ4v) is 1.01. The molecule has 0 aromatic heterocycles. The maximum absolute atomic E-state index is 11.2. The third-order valence-electron chi connectivity index (χ3n) is 1.93. The molecule has 0 saturated carbocycles. The van der Waals surface area contributed by atoms with E-state index in [1.807, 2.05) is 19.2 Å². The van der Waals surface area contributed by atoms with Crippen molar-refractivity contribution in [1.82, 2.24) is 10.6 Å². The van der Waals surface area contributed by atoms with Gasteiger partial charge >= 0.3 is 12.0 Å². The Hall–Kier alpha value is -1.85. The first-order chi connectivity index (χ1) is 7.49. The second-order valence-corrected chi connectivity index (χ2v) is 3.15. The van der Waals surface area contributed by atoms with Crippen LogP contribution in [0.4, 0.5) is 4.79 Å². The Labute approximate surface area is 93.7 Å². The van der Waals surface area contributed by atoms with E-state index in [1.54, 1.807) is 0 Å². The van der Waals surface area contributed by atoms with Gasteiger partial charge in [0.05, 0.1) is 0 Å². The van der Waals surface area contributed by atoms with E-state index in [1.165, 1.54) is 0 Å². The Bertz CT molecular complexity index is 295. The fraction of sp³-hybridized carbons (Fsp3) is 0.500. The minimum Gasteiger partial charge on any atom is -0.478 e. The first-order valence-corrected chi connectivity index (χ1v) is 5.02. The van der Waals surface area contributed by atoms with Crippen molar-refractivity contribution in [3.8, 4) is 0 Å². The van der Waals surface area contributed by atoms with Crippen molar-refractivity contribution in [1.29, 1.82) is 0 Å². The molecule has 0 saturated heterocycles. The molecule has 16 heavy (non-hydrogen) atoms. The Balaban J connectivity index is 4.05. The Morgan fingerprint density at radius 1 is 1.19 bits per heavy atom. The second kappa shape index (κ2) is 7.44. The van der Waals surface area contributed by atoms with Gasteiger partial charge in [0.2, 0.25) is 0 Å². The number of hydrogen-bond acceptors (Lipinski definition) is 3. The summed E-state index contributed by atoms with van der Waals surface area (Å²) in [6.07, 6.45) is 2.99. The van der Waals surface area contributed by atoms with E-state index >= 15 is 0 Å². The fourth-order valence-electron chi connectivity index (χ4n) is 1.01. The quantitative estimate of drug-likeness (QED) is 0.602. The highest BCUT2D eigenvalue weighted by Gasteiger charge is 2.09. The summed E-state index contributed by atoms with van der Waals surface area (Å²) in [5.74, 6) is -2.00. The van der Waals surface area contributed by atoms with Gasteiger partial charge in [0.15, 0.2) is 0 Å². The molecule has 0 atom stereocenters. The molecule has 0 aliphatic rings. The van der Waals surface area contributed by atoms with Crippen molar-refractivity contribution in [2.24, 2.45) is 0 Å². The van der Waals surface area contributed by atoms with E-state index in [9.17, 15) is 14.4 Å². The van der Waals surface area contributed by atoms with Gasteiger partial charge in [-0.15, -0.1) is 0 Å². The van der Waals surface area contributed by atoms with Gasteiger partial charge in [0.1, 0.15) is 0 Å². The van der Waals surface area contributed by atoms with Crippen molar-refractivity contribution in [3.63, 3.8) is 0 Å². The number of imide groups is 1. The summed E-state index contributed by atoms with van der Waals surface area (Å²) < 4.78 is 0. The van der Waals surface area contributed by atoms with Gasteiger partial charge < -0.3 is 10.4 Å². The number of rotatable bonds is 5. The second-order valence-electron chi connectivity index (χ2n) is 3.15. The number of aliphatic carboxylic acids is 1. The molecule has 0 spiro atoms. The van der Waals surface area contributed by atoms with Crippen LogP contribution in [0.25, 0.3) is 0 Å². The van der Waals surface area contributed by atoms with E-state index < -0.39 is 17.9 Å². The molecular formula is C10H16N2O4. The number of carboxylic acid groups (broad SMARTS) is 1. The topological polar surface area (TPSA) is 95.5 Å². The number of carbonyl (C=O) groups excluding carboxylic acids is 2. The highest BCUT2D eigenvalue weighted by Crippen LogP contribution is 1.94. The maximum atomic E-state index is 11.2. The highest BCUT2D eigenvalue weighted by molar-refractivity contribution is 6.02. The summed E-state index contributed by atoms with van der Waals surface area (Å²) in [5, 5.41) is 12.8. The predicted octanol–water partition coefficient (Wildman–Crippen LogP) is 0.642. The largest absolute Gasteiger partial charge is 0.478 e. The lowest BCUT2D eigenvalue weighted by Gasteiger charge is -2.14. The number of urea groups is 1. The molecule has 0 aromatic carbocycles. The first-order valence-electron chi connectivity index (χ1n) is 5.02. The van der Waals surface area contributed by atoms with Gasteiger partial charge in [-0.1, -0.05) is 13.8 Å². The van der Waals surface area contributed by atoms with Gasteiger partial charge in [-0.3, -0.25) is 10.1 Å². The van der Waals surface area contributed by atoms with Crippen molar-refractivity contribution in [2.75, 3.05) is 0 Å². The highest BCUT2D eigenvalue weighted by atomic mass is 16.4. The molecule has 6 nitrogen and oxygen atoms in total. The van der Waals surface area contributed by atoms with Gasteiger partial charge in [-0.25, -0.2) is 9.59 Å². The third kappa shape index (κ3) is 6.58. The average Bonchev–Trinajstić information content (AvgIpc) is 2.23. The standard InChI is InChI=1S/C10H16N2O4/c1-3-7(4-2)11-10(16)12-8(13)5-6-9(14)15/h5-7H,3-4H2,1-2H3,(H,14,15)(H2,11,12,13,16)/b6-5+. The van der Waals surface area contributed by atoms with E-state index in [-0.39, 0.29) is 6.04 Å². The molecule has 0 aromatic rings. The van der Waals surface area contributed by atoms with Crippen LogP contribution in [0, 0.1) is 0 Å². The SMILES string of the molecule is CCC(CC)NC(=O)NC(=O)/C=C/C(=O)O. The number of nitrogens with one attached hydrogen (secondary N) is 2. The van der Waals surface area contributed by atoms with Crippen molar-refractivity contribution >= 4 is 17.9 Å². The van der Waals surface area contributed by atoms with Crippen LogP contribution in [0.1, 0.15) is 26.7 Å². The number of amides is 3. The van der Waals surface area contributed by atoms with Crippen LogP contribution < -0.4 is 10.6 Å². The van der Waals surface area contributed by atoms with E-state index in [0.717, 1.165) is 18.9 Å². The van der Waals surface area contributed by atoms with Crippen LogP contribution in [-0.2, 0) is 9.59 Å². The van der Waals surface area contributed by atoms with E-state index in [4.69, 9.17) is 5.11 Å². The number of carbonyl (C=O) groups is 3. The molecule has 90 valence electrons. The van der Waals surface area contributed by atoms with Crippen LogP contribution in [0.2, 0.25) is 0 Å². The normalized spacial score (nSPS) is 10.4. The van der Waals surface area contributed by atoms with Crippen LogP contribution in [0.3, 0.4) is 0 Å². The lowest BCUT2D eigenvalue weighted by atomic mass is 10.2. The van der Waals surface area contributed by atoms with Crippen LogP contribution >= 0.6 is 0 Å². The van der Waals surface area contributed by atoms with Gasteiger partial charge in [-0.2, -0.15) is 0 Å². The molecule has 0 unspecified atom stereocenters. The summed E-state index contributed by atoms with van der Waals surface area (Å²) in [6.45, 7) is 3.83. The van der Waals surface area contributed by atoms with Crippen LogP contribution in [-0.4, -0.2) is 29.1 Å². The monoisotopic (exact) mass is 228 g/mol. The molecule has 6 heteroatoms. The van der Waals surface area contributed by atoms with E-state index in [2.05, 4.69) is 5.32 Å². The molecule has 0 heterocycles. The number of carboxylic acids is 1. The predicted molar refractivity (Wildman–Crippen MR) is 57.8 cm³/mol. The minimum atomic E-state index is -1.24. The van der Waals surface area contributed by atoms with E-state index in [0.29, 0.717) is 6.08 Å². The van der Waals surface area contributed by atoms with Crippen LogP contribution in [0.5, 0.6) is 0 Å². The molecule has 0 aliphatic carbocycles. The molecular weight excluding hydrogens is 212 g/mol. The lowest BCUT2D eigenvalue weighted by Crippen LogP contribution is -2.43. The Morgan fingerprint density at radius 2 is 1.75 bits per heavy atom. The first kappa shape index (κ1) is 14.2. The molecule has 0 fully saturated rings. The average molecular weight is 228 g/mol. The molecule has 0 bridgehead atoms. The molecule has 3 N–H and O–H groups in total. The van der Waals surface area contributed by atoms with Gasteiger partial charge in [-0.05, 0) is 12.8 Å².